The highest BCUT2D eigenvalue weighted by atomic mass is 16.5. The second-order valence-electron chi connectivity index (χ2n) is 6.35. The van der Waals surface area contributed by atoms with Crippen molar-refractivity contribution < 1.29 is 9.53 Å². The topological polar surface area (TPSA) is 41.6 Å². The van der Waals surface area contributed by atoms with Crippen LogP contribution in [0.1, 0.15) is 52.9 Å². The lowest BCUT2D eigenvalue weighted by molar-refractivity contribution is -0.128. The normalized spacial score (nSPS) is 33.7. The third-order valence-corrected chi connectivity index (χ3v) is 4.53. The Kier molecular flexibility index (Phi) is 4.85. The van der Waals surface area contributed by atoms with E-state index >= 15 is 0 Å². The van der Waals surface area contributed by atoms with Gasteiger partial charge in [-0.15, -0.1) is 0 Å². The molecule has 2 rings (SSSR count). The van der Waals surface area contributed by atoms with E-state index in [2.05, 4.69) is 26.1 Å². The number of rotatable bonds is 5. The van der Waals surface area contributed by atoms with Crippen LogP contribution in [0.25, 0.3) is 0 Å². The van der Waals surface area contributed by atoms with Crippen molar-refractivity contribution in [3.05, 3.63) is 0 Å². The smallest absolute Gasteiger partial charge is 0.222 e. The van der Waals surface area contributed by atoms with Crippen molar-refractivity contribution in [2.45, 2.75) is 70.6 Å². The molecule has 0 spiro atoms. The maximum absolute atomic E-state index is 11.6. The zero-order valence-electron chi connectivity index (χ0n) is 12.6. The highest BCUT2D eigenvalue weighted by Crippen LogP contribution is 2.28. The third kappa shape index (κ3) is 3.93. The Morgan fingerprint density at radius 2 is 2.37 bits per heavy atom. The molecule has 1 N–H and O–H groups in total. The fourth-order valence-corrected chi connectivity index (χ4v) is 3.20. The maximum Gasteiger partial charge on any atom is 0.222 e. The van der Waals surface area contributed by atoms with Crippen LogP contribution in [0.15, 0.2) is 0 Å². The van der Waals surface area contributed by atoms with E-state index in [9.17, 15) is 4.79 Å². The minimum atomic E-state index is 0.0269. The Labute approximate surface area is 116 Å². The summed E-state index contributed by atoms with van der Waals surface area (Å²) in [7, 11) is 0. The van der Waals surface area contributed by atoms with Gasteiger partial charge in [-0.1, -0.05) is 6.92 Å². The average Bonchev–Trinajstić information content (AvgIpc) is 2.75. The van der Waals surface area contributed by atoms with E-state index in [1.165, 1.54) is 0 Å². The van der Waals surface area contributed by atoms with Gasteiger partial charge in [-0.25, -0.2) is 0 Å². The molecule has 2 aliphatic rings. The molecule has 19 heavy (non-hydrogen) atoms. The van der Waals surface area contributed by atoms with Gasteiger partial charge in [-0.2, -0.15) is 0 Å². The van der Waals surface area contributed by atoms with Gasteiger partial charge in [-0.05, 0) is 39.5 Å². The largest absolute Gasteiger partial charge is 0.375 e. The molecule has 0 aromatic rings. The van der Waals surface area contributed by atoms with Gasteiger partial charge in [0.25, 0.3) is 0 Å². The first-order valence-corrected chi connectivity index (χ1v) is 7.70. The second-order valence-corrected chi connectivity index (χ2v) is 6.35. The molecule has 0 aromatic heterocycles. The molecule has 3 atom stereocenters. The summed E-state index contributed by atoms with van der Waals surface area (Å²) in [6.45, 7) is 9.20. The maximum atomic E-state index is 11.6. The number of hydrogen-bond acceptors (Lipinski definition) is 3. The second kappa shape index (κ2) is 6.23. The summed E-state index contributed by atoms with van der Waals surface area (Å²) < 4.78 is 5.87. The minimum Gasteiger partial charge on any atom is -0.375 e. The summed E-state index contributed by atoms with van der Waals surface area (Å²) in [5, 5.41) is 3.68. The molecule has 2 fully saturated rings. The van der Waals surface area contributed by atoms with Gasteiger partial charge >= 0.3 is 0 Å². The molecule has 0 aromatic carbocycles. The number of amides is 1. The quantitative estimate of drug-likeness (QED) is 0.828. The monoisotopic (exact) mass is 268 g/mol. The van der Waals surface area contributed by atoms with Gasteiger partial charge in [0.15, 0.2) is 0 Å². The van der Waals surface area contributed by atoms with E-state index < -0.39 is 0 Å². The van der Waals surface area contributed by atoms with Crippen LogP contribution in [-0.4, -0.2) is 48.2 Å². The first-order chi connectivity index (χ1) is 9.02. The van der Waals surface area contributed by atoms with E-state index in [0.29, 0.717) is 18.0 Å². The van der Waals surface area contributed by atoms with Crippen LogP contribution in [0.3, 0.4) is 0 Å². The number of ether oxygens (including phenoxy) is 1. The lowest BCUT2D eigenvalue weighted by atomic mass is 9.89. The molecule has 2 aliphatic heterocycles. The van der Waals surface area contributed by atoms with Crippen LogP contribution in [0, 0.1) is 0 Å². The van der Waals surface area contributed by atoms with Crippen LogP contribution in [0.4, 0.5) is 0 Å². The lowest BCUT2D eigenvalue weighted by Crippen LogP contribution is -2.50. The summed E-state index contributed by atoms with van der Waals surface area (Å²) in [5.41, 5.74) is 0.0269. The Morgan fingerprint density at radius 1 is 1.58 bits per heavy atom. The number of nitrogens with one attached hydrogen (secondary N) is 1. The van der Waals surface area contributed by atoms with E-state index in [1.54, 1.807) is 0 Å². The molecule has 4 nitrogen and oxygen atoms in total. The number of carbonyl (C=O) groups is 1. The van der Waals surface area contributed by atoms with Crippen molar-refractivity contribution in [3.63, 3.8) is 0 Å². The third-order valence-electron chi connectivity index (χ3n) is 4.53. The van der Waals surface area contributed by atoms with Gasteiger partial charge in [0.1, 0.15) is 0 Å². The summed E-state index contributed by atoms with van der Waals surface area (Å²) >= 11 is 0. The molecule has 3 unspecified atom stereocenters. The first kappa shape index (κ1) is 14.8. The number of nitrogens with zero attached hydrogens (tertiary/aromatic N) is 1. The van der Waals surface area contributed by atoms with Crippen LogP contribution >= 0.6 is 0 Å². The van der Waals surface area contributed by atoms with E-state index in [1.807, 2.05) is 4.90 Å². The number of likely N-dealkylation sites (tertiary alicyclic amines) is 1. The van der Waals surface area contributed by atoms with Crippen molar-refractivity contribution in [3.8, 4) is 0 Å². The van der Waals surface area contributed by atoms with Crippen LogP contribution < -0.4 is 5.32 Å². The molecule has 1 amide bonds. The summed E-state index contributed by atoms with van der Waals surface area (Å²) in [4.78, 5) is 13.6. The molecule has 110 valence electrons. The fraction of sp³-hybridized carbons (Fsp3) is 0.933. The first-order valence-electron chi connectivity index (χ1n) is 7.70. The fourth-order valence-electron chi connectivity index (χ4n) is 3.20. The average molecular weight is 268 g/mol. The zero-order chi connectivity index (χ0) is 13.9. The predicted octanol–water partition coefficient (Wildman–Crippen LogP) is 1.93. The summed E-state index contributed by atoms with van der Waals surface area (Å²) in [6.07, 6.45) is 4.97. The molecule has 0 aliphatic carbocycles. The molecule has 4 heteroatoms. The Morgan fingerprint density at radius 3 is 3.00 bits per heavy atom. The SMILES string of the molecule is CCC1(C)CC(NC(C)CN2CCCC2=O)CCO1. The number of carbonyl (C=O) groups excluding carboxylic acids is 1. The number of hydrogen-bond donors (Lipinski definition) is 1. The predicted molar refractivity (Wildman–Crippen MR) is 76.1 cm³/mol. The minimum absolute atomic E-state index is 0.0269. The zero-order valence-corrected chi connectivity index (χ0v) is 12.6. The van der Waals surface area contributed by atoms with Gasteiger partial charge in [-0.3, -0.25) is 4.79 Å². The van der Waals surface area contributed by atoms with E-state index in [0.717, 1.165) is 51.8 Å². The Hall–Kier alpha value is -0.610. The summed E-state index contributed by atoms with van der Waals surface area (Å²) in [6, 6.07) is 0.887. The Bertz CT molecular complexity index is 321. The van der Waals surface area contributed by atoms with Gasteiger partial charge < -0.3 is 15.0 Å². The van der Waals surface area contributed by atoms with Gasteiger partial charge in [0, 0.05) is 38.2 Å². The van der Waals surface area contributed by atoms with E-state index in [-0.39, 0.29) is 5.60 Å². The summed E-state index contributed by atoms with van der Waals surface area (Å²) in [5.74, 6) is 0.319. The molecular formula is C15H28N2O2. The van der Waals surface area contributed by atoms with Crippen molar-refractivity contribution in [2.24, 2.45) is 0 Å². The van der Waals surface area contributed by atoms with Crippen molar-refractivity contribution >= 4 is 5.91 Å². The standard InChI is InChI=1S/C15H28N2O2/c1-4-15(3)10-13(7-9-19-15)16-12(2)11-17-8-5-6-14(17)18/h12-13,16H,4-11H2,1-3H3. The van der Waals surface area contributed by atoms with Gasteiger partial charge in [0.05, 0.1) is 5.60 Å². The molecular weight excluding hydrogens is 240 g/mol. The molecule has 0 bridgehead atoms. The lowest BCUT2D eigenvalue weighted by Gasteiger charge is -2.39. The molecule has 0 saturated carbocycles. The molecule has 2 saturated heterocycles. The molecule has 0 radical (unpaired) electrons. The van der Waals surface area contributed by atoms with Gasteiger partial charge in [0.2, 0.25) is 5.91 Å². The van der Waals surface area contributed by atoms with Crippen LogP contribution in [-0.2, 0) is 9.53 Å². The highest BCUT2D eigenvalue weighted by Gasteiger charge is 2.32. The van der Waals surface area contributed by atoms with Crippen molar-refractivity contribution in [1.29, 1.82) is 0 Å². The van der Waals surface area contributed by atoms with Crippen molar-refractivity contribution in [2.75, 3.05) is 19.7 Å². The van der Waals surface area contributed by atoms with Crippen LogP contribution in [0.5, 0.6) is 0 Å². The van der Waals surface area contributed by atoms with Crippen LogP contribution in [0.2, 0.25) is 0 Å². The van der Waals surface area contributed by atoms with E-state index in [4.69, 9.17) is 4.74 Å². The van der Waals surface area contributed by atoms with Crippen molar-refractivity contribution in [1.82, 2.24) is 10.2 Å². The Balaban J connectivity index is 1.78. The highest BCUT2D eigenvalue weighted by molar-refractivity contribution is 5.78. The molecule has 2 heterocycles.